The van der Waals surface area contributed by atoms with E-state index in [-0.39, 0.29) is 48.1 Å². The van der Waals surface area contributed by atoms with Gasteiger partial charge in [-0.25, -0.2) is 4.79 Å². The number of aliphatic hydroxyl groups is 1. The third-order valence-electron chi connectivity index (χ3n) is 14.3. The van der Waals surface area contributed by atoms with Gasteiger partial charge in [0.25, 0.3) is 5.79 Å². The number of carbonyl (C=O) groups is 2. The highest BCUT2D eigenvalue weighted by Gasteiger charge is 2.63. The van der Waals surface area contributed by atoms with Crippen molar-refractivity contribution in [3.05, 3.63) is 35.9 Å². The number of aliphatic carboxylic acids is 2. The predicted molar refractivity (Wildman–Crippen MR) is 202 cm³/mol. The molecule has 1 spiro atoms. The van der Waals surface area contributed by atoms with Gasteiger partial charge in [-0.05, 0) is 69.8 Å². The zero-order valence-corrected chi connectivity index (χ0v) is 34.3. The van der Waals surface area contributed by atoms with Crippen LogP contribution in [0, 0.1) is 35.5 Å². The summed E-state index contributed by atoms with van der Waals surface area (Å²) < 4.78 is 46.7. The van der Waals surface area contributed by atoms with Gasteiger partial charge < -0.3 is 48.5 Å². The minimum atomic E-state index is -2.25. The molecule has 0 unspecified atom stereocenters. The molecule has 0 amide bonds. The molecule has 5 heterocycles. The summed E-state index contributed by atoms with van der Waals surface area (Å²) in [7, 11) is 1.56. The number of methoxy groups -OCH3 is 1. The van der Waals surface area contributed by atoms with Crippen molar-refractivity contribution in [3.8, 4) is 0 Å². The first-order valence-electron chi connectivity index (χ1n) is 20.7. The van der Waals surface area contributed by atoms with Gasteiger partial charge in [0, 0.05) is 37.7 Å². The summed E-state index contributed by atoms with van der Waals surface area (Å²) in [5.74, 6) is -6.96. The van der Waals surface area contributed by atoms with Crippen LogP contribution in [0.4, 0.5) is 0 Å². The van der Waals surface area contributed by atoms with Crippen molar-refractivity contribution in [2.75, 3.05) is 7.11 Å². The Morgan fingerprint density at radius 1 is 0.964 bits per heavy atom. The second kappa shape index (κ2) is 16.2. The molecule has 55 heavy (non-hydrogen) atoms. The van der Waals surface area contributed by atoms with Crippen LogP contribution in [0.2, 0.25) is 0 Å². The van der Waals surface area contributed by atoms with Gasteiger partial charge >= 0.3 is 11.9 Å². The summed E-state index contributed by atoms with van der Waals surface area (Å²) in [6.45, 7) is 16.4. The van der Waals surface area contributed by atoms with E-state index in [1.165, 1.54) is 0 Å². The van der Waals surface area contributed by atoms with Gasteiger partial charge in [-0.2, -0.15) is 0 Å². The molecular weight excluding hydrogens is 708 g/mol. The molecule has 5 aliphatic rings. The van der Waals surface area contributed by atoms with Crippen molar-refractivity contribution in [3.63, 3.8) is 0 Å². The van der Waals surface area contributed by atoms with E-state index in [2.05, 4.69) is 27.7 Å². The topological polar surface area (TPSA) is 159 Å². The Labute approximate surface area is 326 Å². The van der Waals surface area contributed by atoms with Gasteiger partial charge in [0.2, 0.25) is 0 Å². The molecule has 310 valence electrons. The molecule has 5 saturated heterocycles. The maximum absolute atomic E-state index is 12.1. The molecule has 0 saturated carbocycles. The summed E-state index contributed by atoms with van der Waals surface area (Å²) in [5, 5.41) is 30.7. The lowest BCUT2D eigenvalue weighted by molar-refractivity contribution is -0.339. The molecule has 17 atom stereocenters. The maximum Gasteiger partial charge on any atom is 0.364 e. The average molecular weight is 775 g/mol. The number of hydrogen-bond acceptors (Lipinski definition) is 10. The van der Waals surface area contributed by atoms with Gasteiger partial charge in [0.05, 0.1) is 66.5 Å². The molecule has 1 aromatic rings. The van der Waals surface area contributed by atoms with Crippen molar-refractivity contribution in [2.45, 2.75) is 179 Å². The van der Waals surface area contributed by atoms with E-state index >= 15 is 0 Å². The Morgan fingerprint density at radius 2 is 1.67 bits per heavy atom. The first-order valence-corrected chi connectivity index (χ1v) is 20.7. The van der Waals surface area contributed by atoms with E-state index in [0.29, 0.717) is 38.7 Å². The predicted octanol–water partition coefficient (Wildman–Crippen LogP) is 6.59. The minimum absolute atomic E-state index is 0.0131. The Bertz CT molecular complexity index is 1490. The third-order valence-corrected chi connectivity index (χ3v) is 14.3. The lowest BCUT2D eigenvalue weighted by atomic mass is 9.78. The largest absolute Gasteiger partial charge is 0.481 e. The summed E-state index contributed by atoms with van der Waals surface area (Å²) in [4.78, 5) is 24.2. The molecular formula is C43H66O12. The quantitative estimate of drug-likeness (QED) is 0.198. The van der Waals surface area contributed by atoms with E-state index in [1.807, 2.05) is 44.2 Å². The fourth-order valence-electron chi connectivity index (χ4n) is 10.9. The van der Waals surface area contributed by atoms with Crippen molar-refractivity contribution in [1.82, 2.24) is 0 Å². The Balaban J connectivity index is 1.19. The number of rotatable bonds is 13. The van der Waals surface area contributed by atoms with E-state index < -0.39 is 64.9 Å². The fraction of sp³-hybridized carbons (Fsp3) is 0.814. The Hall–Kier alpha value is -2.16. The third kappa shape index (κ3) is 8.00. The highest BCUT2D eigenvalue weighted by molar-refractivity contribution is 5.75. The van der Waals surface area contributed by atoms with Crippen molar-refractivity contribution in [2.24, 2.45) is 35.5 Å². The van der Waals surface area contributed by atoms with E-state index in [4.69, 9.17) is 33.2 Å². The van der Waals surface area contributed by atoms with Crippen LogP contribution in [0.25, 0.3) is 0 Å². The molecule has 12 heteroatoms. The van der Waals surface area contributed by atoms with Crippen molar-refractivity contribution < 1.29 is 58.1 Å². The van der Waals surface area contributed by atoms with Crippen LogP contribution < -0.4 is 0 Å². The van der Waals surface area contributed by atoms with Crippen LogP contribution in [-0.2, 0) is 49.4 Å². The first-order chi connectivity index (χ1) is 25.9. The number of ether oxygens (including phenoxy) is 7. The van der Waals surface area contributed by atoms with E-state index in [1.54, 1.807) is 21.0 Å². The second-order valence-corrected chi connectivity index (χ2v) is 18.1. The number of benzene rings is 1. The monoisotopic (exact) mass is 774 g/mol. The lowest BCUT2D eigenvalue weighted by Gasteiger charge is -2.50. The van der Waals surface area contributed by atoms with Crippen LogP contribution >= 0.6 is 0 Å². The molecule has 5 aliphatic heterocycles. The molecule has 0 aliphatic carbocycles. The van der Waals surface area contributed by atoms with Gasteiger partial charge in [0.15, 0.2) is 5.79 Å². The molecule has 12 nitrogen and oxygen atoms in total. The zero-order chi connectivity index (χ0) is 40.1. The standard InChI is InChI=1S/C43H66O12/c1-10-41(37-25(3)21-31(51-37)34-24(2)20-26(4)43(48,54-34)39(46)47)17-16-33(52-41)40(8)18-19-42(55-40)22-32(50-23-30-14-12-11-13-15-30)27(5)36(53-42)28(6)35(49-9)29(7)38(44)45/h11-15,24-29,31-37,48H,10,16-23H2,1-9H3,(H,44,45)(H,46,47)/t24-,25-,26+,27+,28-,29-,31+,32-,33+,34-,35+,36-,37+,40-,41-,42+,43+/m0/s1. The number of carboxylic acid groups (broad SMARTS) is 2. The minimum Gasteiger partial charge on any atom is -0.481 e. The maximum atomic E-state index is 12.1. The summed E-state index contributed by atoms with van der Waals surface area (Å²) >= 11 is 0. The van der Waals surface area contributed by atoms with Gasteiger partial charge in [-0.3, -0.25) is 4.79 Å². The summed E-state index contributed by atoms with van der Waals surface area (Å²) in [6.07, 6.45) is 2.78. The van der Waals surface area contributed by atoms with E-state index in [0.717, 1.165) is 24.8 Å². The molecule has 5 fully saturated rings. The highest BCUT2D eigenvalue weighted by atomic mass is 16.7. The Morgan fingerprint density at radius 3 is 2.31 bits per heavy atom. The molecule has 0 radical (unpaired) electrons. The molecule has 0 aromatic heterocycles. The Kier molecular flexibility index (Phi) is 12.5. The average Bonchev–Trinajstić information content (AvgIpc) is 3.87. The number of hydrogen-bond donors (Lipinski definition) is 3. The van der Waals surface area contributed by atoms with Crippen molar-refractivity contribution >= 4 is 11.9 Å². The summed E-state index contributed by atoms with van der Waals surface area (Å²) in [5.41, 5.74) is -0.168. The number of carboxylic acids is 2. The van der Waals surface area contributed by atoms with Crippen LogP contribution in [0.15, 0.2) is 30.3 Å². The summed E-state index contributed by atoms with van der Waals surface area (Å²) in [6, 6.07) is 10.1. The van der Waals surface area contributed by atoms with Gasteiger partial charge in [-0.15, -0.1) is 0 Å². The van der Waals surface area contributed by atoms with Crippen molar-refractivity contribution in [1.29, 1.82) is 0 Å². The normalized spacial score (nSPS) is 45.1. The highest BCUT2D eigenvalue weighted by Crippen LogP contribution is 2.55. The van der Waals surface area contributed by atoms with Gasteiger partial charge in [-0.1, -0.05) is 71.9 Å². The molecule has 6 rings (SSSR count). The van der Waals surface area contributed by atoms with E-state index in [9.17, 15) is 24.9 Å². The van der Waals surface area contributed by atoms with Crippen LogP contribution in [-0.4, -0.2) is 99.9 Å². The molecule has 0 bridgehead atoms. The zero-order valence-electron chi connectivity index (χ0n) is 34.3. The lowest BCUT2D eigenvalue weighted by Crippen LogP contribution is -2.58. The molecule has 3 N–H and O–H groups in total. The SMILES string of the molecule is CC[C@@]1([C@@H]2O[C@@H]([C@H]3O[C@@](O)(C(=O)O)[C@H](C)C[C@@H]3C)C[C@@H]2C)CC[C@H]([C@]2(C)CC[C@]3(C[C@H](OCc4ccccc4)[C@@H](C)[C@@H]([C@@H](C)[C@@H](OC)[C@H](C)C(=O)O)O3)O2)O1. The second-order valence-electron chi connectivity index (χ2n) is 18.1. The fourth-order valence-corrected chi connectivity index (χ4v) is 10.9. The van der Waals surface area contributed by atoms with Crippen LogP contribution in [0.5, 0.6) is 0 Å². The van der Waals surface area contributed by atoms with Crippen LogP contribution in [0.1, 0.15) is 112 Å². The smallest absolute Gasteiger partial charge is 0.364 e. The van der Waals surface area contributed by atoms with Gasteiger partial charge in [0.1, 0.15) is 0 Å². The molecule has 1 aromatic carbocycles. The first kappa shape index (κ1) is 42.4. The van der Waals surface area contributed by atoms with Crippen LogP contribution in [0.3, 0.4) is 0 Å².